The Morgan fingerprint density at radius 1 is 1.29 bits per heavy atom. The minimum atomic E-state index is 0.881. The van der Waals surface area contributed by atoms with Gasteiger partial charge in [-0.1, -0.05) is 29.5 Å². The number of hydrogen-bond donors (Lipinski definition) is 1. The number of benzene rings is 1. The lowest BCUT2D eigenvalue weighted by Crippen LogP contribution is -2.08. The van der Waals surface area contributed by atoms with E-state index in [0.717, 1.165) is 23.1 Å². The van der Waals surface area contributed by atoms with E-state index in [1.165, 1.54) is 4.88 Å². The van der Waals surface area contributed by atoms with E-state index < -0.39 is 0 Å². The summed E-state index contributed by atoms with van der Waals surface area (Å²) in [5.41, 5.74) is 2.28. The number of rotatable bonds is 4. The van der Waals surface area contributed by atoms with E-state index in [9.17, 15) is 0 Å². The number of nitrogens with zero attached hydrogens (tertiary/aromatic N) is 2. The lowest BCUT2D eigenvalue weighted by atomic mass is 10.3. The molecule has 0 fully saturated rings. The van der Waals surface area contributed by atoms with Gasteiger partial charge in [-0.25, -0.2) is 4.98 Å². The molecule has 0 saturated carbocycles. The highest BCUT2D eigenvalue weighted by atomic mass is 32.1. The molecule has 0 saturated heterocycles. The first kappa shape index (κ1) is 12.1. The summed E-state index contributed by atoms with van der Waals surface area (Å²) in [6.45, 7) is 2.94. The van der Waals surface area contributed by atoms with Crippen molar-refractivity contribution in [2.75, 3.05) is 19.0 Å². The van der Waals surface area contributed by atoms with E-state index in [4.69, 9.17) is 0 Å². The normalized spacial score (nSPS) is 10.5. The second kappa shape index (κ2) is 5.29. The maximum atomic E-state index is 4.61. The molecule has 2 aromatic rings. The predicted octanol–water partition coefficient (Wildman–Crippen LogP) is 2.94. The zero-order chi connectivity index (χ0) is 12.3. The molecule has 4 heteroatoms. The molecule has 1 heterocycles. The minimum Gasteiger partial charge on any atom is -0.321 e. The minimum absolute atomic E-state index is 0.881. The highest BCUT2D eigenvalue weighted by Crippen LogP contribution is 2.29. The summed E-state index contributed by atoms with van der Waals surface area (Å²) in [6.07, 6.45) is 0. The molecule has 90 valence electrons. The lowest BCUT2D eigenvalue weighted by Gasteiger charge is -2.15. The third-order valence-electron chi connectivity index (χ3n) is 2.65. The fourth-order valence-corrected chi connectivity index (χ4v) is 2.70. The number of nitrogens with one attached hydrogen (secondary N) is 1. The Bertz CT molecular complexity index is 479. The van der Waals surface area contributed by atoms with Crippen LogP contribution >= 0.6 is 11.3 Å². The van der Waals surface area contributed by atoms with Gasteiger partial charge in [0.1, 0.15) is 0 Å². The number of anilines is 2. The SMILES string of the molecule is CNCc1sc(N(C)c2ccccc2)nc1C. The first-order chi connectivity index (χ1) is 8.22. The first-order valence-electron chi connectivity index (χ1n) is 5.62. The smallest absolute Gasteiger partial charge is 0.190 e. The number of hydrogen-bond acceptors (Lipinski definition) is 4. The van der Waals surface area contributed by atoms with Gasteiger partial charge in [0.25, 0.3) is 0 Å². The van der Waals surface area contributed by atoms with Crippen molar-refractivity contribution >= 4 is 22.2 Å². The zero-order valence-corrected chi connectivity index (χ0v) is 11.2. The van der Waals surface area contributed by atoms with Crippen LogP contribution in [0.3, 0.4) is 0 Å². The predicted molar refractivity (Wildman–Crippen MR) is 74.1 cm³/mol. The van der Waals surface area contributed by atoms with E-state index in [1.54, 1.807) is 11.3 Å². The molecule has 0 radical (unpaired) electrons. The highest BCUT2D eigenvalue weighted by Gasteiger charge is 2.11. The van der Waals surface area contributed by atoms with E-state index in [1.807, 2.05) is 25.2 Å². The van der Waals surface area contributed by atoms with E-state index in [2.05, 4.69) is 41.3 Å². The molecule has 0 spiro atoms. The summed E-state index contributed by atoms with van der Waals surface area (Å²) in [4.78, 5) is 8.03. The van der Waals surface area contributed by atoms with Gasteiger partial charge < -0.3 is 10.2 Å². The summed E-state index contributed by atoms with van der Waals surface area (Å²) in [6, 6.07) is 10.3. The average Bonchev–Trinajstić information content (AvgIpc) is 2.72. The first-order valence-corrected chi connectivity index (χ1v) is 6.43. The fraction of sp³-hybridized carbons (Fsp3) is 0.308. The van der Waals surface area contributed by atoms with Crippen LogP contribution < -0.4 is 10.2 Å². The Kier molecular flexibility index (Phi) is 3.76. The summed E-state index contributed by atoms with van der Waals surface area (Å²) < 4.78 is 0. The number of thiazole rings is 1. The Hall–Kier alpha value is -1.39. The molecular weight excluding hydrogens is 230 g/mol. The molecule has 0 atom stereocenters. The quantitative estimate of drug-likeness (QED) is 0.900. The van der Waals surface area contributed by atoms with Crippen molar-refractivity contribution in [3.63, 3.8) is 0 Å². The molecule has 1 aromatic heterocycles. The topological polar surface area (TPSA) is 28.2 Å². The van der Waals surface area contributed by atoms with Crippen LogP contribution in [0.4, 0.5) is 10.8 Å². The summed E-state index contributed by atoms with van der Waals surface area (Å²) in [7, 11) is 4.01. The van der Waals surface area contributed by atoms with Crippen molar-refractivity contribution in [1.82, 2.24) is 10.3 Å². The molecule has 0 aliphatic rings. The molecule has 0 amide bonds. The third-order valence-corrected chi connectivity index (χ3v) is 3.88. The van der Waals surface area contributed by atoms with Gasteiger partial charge in [0.05, 0.1) is 5.69 Å². The molecule has 0 aliphatic carbocycles. The van der Waals surface area contributed by atoms with Crippen LogP contribution in [-0.2, 0) is 6.54 Å². The molecule has 0 unspecified atom stereocenters. The molecule has 2 rings (SSSR count). The molecule has 17 heavy (non-hydrogen) atoms. The van der Waals surface area contributed by atoms with Crippen molar-refractivity contribution in [1.29, 1.82) is 0 Å². The second-order valence-electron chi connectivity index (χ2n) is 3.93. The number of para-hydroxylation sites is 1. The van der Waals surface area contributed by atoms with E-state index in [0.29, 0.717) is 0 Å². The van der Waals surface area contributed by atoms with Gasteiger partial charge in [0.2, 0.25) is 0 Å². The molecule has 1 aromatic carbocycles. The standard InChI is InChI=1S/C13H17N3S/c1-10-12(9-14-2)17-13(15-10)16(3)11-7-5-4-6-8-11/h4-8,14H,9H2,1-3H3. The van der Waals surface area contributed by atoms with Gasteiger partial charge in [-0.2, -0.15) is 0 Å². The number of aryl methyl sites for hydroxylation is 1. The third kappa shape index (κ3) is 2.65. The fourth-order valence-electron chi connectivity index (χ4n) is 1.64. The number of aromatic nitrogens is 1. The van der Waals surface area contributed by atoms with Gasteiger partial charge in [-0.15, -0.1) is 0 Å². The van der Waals surface area contributed by atoms with E-state index >= 15 is 0 Å². The molecular formula is C13H17N3S. The highest BCUT2D eigenvalue weighted by molar-refractivity contribution is 7.15. The van der Waals surface area contributed by atoms with Crippen molar-refractivity contribution in [2.24, 2.45) is 0 Å². The molecule has 0 aliphatic heterocycles. The lowest BCUT2D eigenvalue weighted by molar-refractivity contribution is 0.822. The Balaban J connectivity index is 2.25. The second-order valence-corrected chi connectivity index (χ2v) is 4.99. The van der Waals surface area contributed by atoms with Crippen molar-refractivity contribution in [3.05, 3.63) is 40.9 Å². The van der Waals surface area contributed by atoms with Gasteiger partial charge in [0.15, 0.2) is 5.13 Å². The Morgan fingerprint density at radius 2 is 2.00 bits per heavy atom. The van der Waals surface area contributed by atoms with Crippen LogP contribution in [-0.4, -0.2) is 19.1 Å². The van der Waals surface area contributed by atoms with Crippen LogP contribution in [0, 0.1) is 6.92 Å². The van der Waals surface area contributed by atoms with Crippen molar-refractivity contribution < 1.29 is 0 Å². The molecule has 3 nitrogen and oxygen atoms in total. The average molecular weight is 247 g/mol. The molecule has 0 bridgehead atoms. The van der Waals surface area contributed by atoms with Crippen molar-refractivity contribution in [2.45, 2.75) is 13.5 Å². The van der Waals surface area contributed by atoms with Gasteiger partial charge in [-0.05, 0) is 26.1 Å². The Labute approximate surface area is 106 Å². The van der Waals surface area contributed by atoms with Crippen LogP contribution in [0.25, 0.3) is 0 Å². The molecule has 1 N–H and O–H groups in total. The summed E-state index contributed by atoms with van der Waals surface area (Å²) in [5, 5.41) is 4.21. The van der Waals surface area contributed by atoms with Crippen LogP contribution in [0.2, 0.25) is 0 Å². The van der Waals surface area contributed by atoms with Crippen LogP contribution in [0.15, 0.2) is 30.3 Å². The largest absolute Gasteiger partial charge is 0.321 e. The maximum absolute atomic E-state index is 4.61. The van der Waals surface area contributed by atoms with Gasteiger partial charge in [-0.3, -0.25) is 0 Å². The summed E-state index contributed by atoms with van der Waals surface area (Å²) >= 11 is 1.74. The zero-order valence-electron chi connectivity index (χ0n) is 10.4. The summed E-state index contributed by atoms with van der Waals surface area (Å²) in [5.74, 6) is 0. The van der Waals surface area contributed by atoms with Gasteiger partial charge >= 0.3 is 0 Å². The maximum Gasteiger partial charge on any atom is 0.190 e. The van der Waals surface area contributed by atoms with E-state index in [-0.39, 0.29) is 0 Å². The van der Waals surface area contributed by atoms with Crippen LogP contribution in [0.5, 0.6) is 0 Å². The van der Waals surface area contributed by atoms with Crippen LogP contribution in [0.1, 0.15) is 10.6 Å². The monoisotopic (exact) mass is 247 g/mol. The van der Waals surface area contributed by atoms with Gasteiger partial charge in [0, 0.05) is 24.2 Å². The van der Waals surface area contributed by atoms with Crippen molar-refractivity contribution in [3.8, 4) is 0 Å². The Morgan fingerprint density at radius 3 is 2.65 bits per heavy atom.